The number of hydrogen-bond acceptors (Lipinski definition) is 4. The Balaban J connectivity index is 2.36. The second-order valence-electron chi connectivity index (χ2n) is 4.56. The highest BCUT2D eigenvalue weighted by molar-refractivity contribution is 5.90. The maximum atomic E-state index is 11.7. The smallest absolute Gasteiger partial charge is 0.408 e. The Morgan fingerprint density at radius 3 is 2.29 bits per heavy atom. The molecule has 1 aromatic rings. The van der Waals surface area contributed by atoms with Gasteiger partial charge in [0, 0.05) is 0 Å². The van der Waals surface area contributed by atoms with Crippen molar-refractivity contribution in [2.45, 2.75) is 32.5 Å². The molecule has 0 unspecified atom stereocenters. The van der Waals surface area contributed by atoms with Crippen LogP contribution in [0.2, 0.25) is 0 Å². The van der Waals surface area contributed by atoms with E-state index in [0.29, 0.717) is 0 Å². The molecule has 0 fully saturated rings. The van der Waals surface area contributed by atoms with Gasteiger partial charge in [-0.25, -0.2) is 4.79 Å². The molecule has 0 aliphatic heterocycles. The van der Waals surface area contributed by atoms with E-state index in [2.05, 4.69) is 10.6 Å². The summed E-state index contributed by atoms with van der Waals surface area (Å²) in [5.74, 6) is -1.17. The Morgan fingerprint density at radius 2 is 1.71 bits per heavy atom. The van der Waals surface area contributed by atoms with E-state index in [4.69, 9.17) is 10.5 Å². The third-order valence-electron chi connectivity index (χ3n) is 2.73. The standard InChI is InChI=1S/C14H19N3O4/c1-9(12(15)18)16-13(19)10(2)17-14(20)21-8-11-6-4-3-5-7-11/h3-7,9-10H,8H2,1-2H3,(H2,15,18)(H,16,19)(H,17,20)/t9-,10-/m1/s1. The fourth-order valence-electron chi connectivity index (χ4n) is 1.42. The molecule has 0 bridgehead atoms. The average Bonchev–Trinajstić information content (AvgIpc) is 2.45. The van der Waals surface area contributed by atoms with Crippen molar-refractivity contribution in [1.29, 1.82) is 0 Å². The van der Waals surface area contributed by atoms with Crippen LogP contribution < -0.4 is 16.4 Å². The predicted molar refractivity (Wildman–Crippen MR) is 76.0 cm³/mol. The normalized spacial score (nSPS) is 12.9. The third kappa shape index (κ3) is 5.94. The zero-order valence-corrected chi connectivity index (χ0v) is 12.0. The van der Waals surface area contributed by atoms with E-state index in [9.17, 15) is 14.4 Å². The highest BCUT2D eigenvalue weighted by Crippen LogP contribution is 2.00. The number of carbonyl (C=O) groups is 3. The quantitative estimate of drug-likeness (QED) is 0.700. The fourth-order valence-corrected chi connectivity index (χ4v) is 1.42. The molecule has 114 valence electrons. The summed E-state index contributed by atoms with van der Waals surface area (Å²) in [6.45, 7) is 3.05. The number of carbonyl (C=O) groups excluding carboxylic acids is 3. The first-order chi connectivity index (χ1) is 9.90. The van der Waals surface area contributed by atoms with Crippen LogP contribution in [0.1, 0.15) is 19.4 Å². The first kappa shape index (κ1) is 16.5. The molecule has 0 radical (unpaired) electrons. The zero-order valence-electron chi connectivity index (χ0n) is 12.0. The molecule has 21 heavy (non-hydrogen) atoms. The molecule has 1 aromatic carbocycles. The van der Waals surface area contributed by atoms with Crippen LogP contribution in [0.5, 0.6) is 0 Å². The van der Waals surface area contributed by atoms with E-state index in [-0.39, 0.29) is 6.61 Å². The molecule has 7 nitrogen and oxygen atoms in total. The summed E-state index contributed by atoms with van der Waals surface area (Å²) in [4.78, 5) is 34.1. The highest BCUT2D eigenvalue weighted by atomic mass is 16.5. The number of nitrogens with two attached hydrogens (primary N) is 1. The lowest BCUT2D eigenvalue weighted by Crippen LogP contribution is -2.50. The van der Waals surface area contributed by atoms with Gasteiger partial charge in [0.2, 0.25) is 11.8 Å². The number of benzene rings is 1. The Labute approximate surface area is 122 Å². The largest absolute Gasteiger partial charge is 0.445 e. The minimum Gasteiger partial charge on any atom is -0.445 e. The second-order valence-corrected chi connectivity index (χ2v) is 4.56. The maximum Gasteiger partial charge on any atom is 0.408 e. The van der Waals surface area contributed by atoms with Gasteiger partial charge in [0.05, 0.1) is 0 Å². The van der Waals surface area contributed by atoms with Gasteiger partial charge in [-0.05, 0) is 19.4 Å². The summed E-state index contributed by atoms with van der Waals surface area (Å²) < 4.78 is 4.98. The summed E-state index contributed by atoms with van der Waals surface area (Å²) >= 11 is 0. The summed E-state index contributed by atoms with van der Waals surface area (Å²) in [6, 6.07) is 7.51. The van der Waals surface area contributed by atoms with Gasteiger partial charge < -0.3 is 21.1 Å². The first-order valence-electron chi connectivity index (χ1n) is 6.47. The van der Waals surface area contributed by atoms with Gasteiger partial charge in [-0.1, -0.05) is 30.3 Å². The molecule has 0 aliphatic rings. The molecule has 1 rings (SSSR count). The molecule has 0 aliphatic carbocycles. The Hall–Kier alpha value is -2.57. The Kier molecular flexibility index (Phi) is 6.19. The summed E-state index contributed by atoms with van der Waals surface area (Å²) in [7, 11) is 0. The monoisotopic (exact) mass is 293 g/mol. The first-order valence-corrected chi connectivity index (χ1v) is 6.47. The second kappa shape index (κ2) is 7.88. The van der Waals surface area contributed by atoms with Crippen molar-refractivity contribution in [1.82, 2.24) is 10.6 Å². The molecular weight excluding hydrogens is 274 g/mol. The van der Waals surface area contributed by atoms with E-state index < -0.39 is 30.0 Å². The molecule has 2 atom stereocenters. The minimum atomic E-state index is -0.838. The van der Waals surface area contributed by atoms with Crippen LogP contribution in [0, 0.1) is 0 Å². The van der Waals surface area contributed by atoms with Gasteiger partial charge in [0.1, 0.15) is 18.7 Å². The van der Waals surface area contributed by atoms with E-state index in [1.807, 2.05) is 30.3 Å². The molecule has 0 saturated carbocycles. The van der Waals surface area contributed by atoms with Crippen LogP contribution >= 0.6 is 0 Å². The fraction of sp³-hybridized carbons (Fsp3) is 0.357. The van der Waals surface area contributed by atoms with Crippen molar-refractivity contribution >= 4 is 17.9 Å². The van der Waals surface area contributed by atoms with E-state index in [1.54, 1.807) is 0 Å². The van der Waals surface area contributed by atoms with Gasteiger partial charge in [-0.15, -0.1) is 0 Å². The van der Waals surface area contributed by atoms with Crippen molar-refractivity contribution in [3.05, 3.63) is 35.9 Å². The lowest BCUT2D eigenvalue weighted by Gasteiger charge is -2.16. The SMILES string of the molecule is C[C@@H](NC(=O)[C@@H](C)NC(=O)OCc1ccccc1)C(N)=O. The van der Waals surface area contributed by atoms with Gasteiger partial charge in [0.25, 0.3) is 0 Å². The molecule has 0 spiro atoms. The Bertz CT molecular complexity index is 504. The van der Waals surface area contributed by atoms with Crippen LogP contribution in [-0.2, 0) is 20.9 Å². The third-order valence-corrected chi connectivity index (χ3v) is 2.73. The number of rotatable bonds is 6. The molecule has 0 heterocycles. The lowest BCUT2D eigenvalue weighted by atomic mass is 10.2. The lowest BCUT2D eigenvalue weighted by molar-refractivity contribution is -0.127. The topological polar surface area (TPSA) is 111 Å². The van der Waals surface area contributed by atoms with E-state index >= 15 is 0 Å². The average molecular weight is 293 g/mol. The number of alkyl carbamates (subject to hydrolysis) is 1. The number of primary amides is 1. The van der Waals surface area contributed by atoms with Crippen LogP contribution in [0.15, 0.2) is 30.3 Å². The molecule has 0 saturated heterocycles. The van der Waals surface area contributed by atoms with Gasteiger partial charge in [0.15, 0.2) is 0 Å². The summed E-state index contributed by atoms with van der Waals surface area (Å²) in [5.41, 5.74) is 5.87. The van der Waals surface area contributed by atoms with Crippen molar-refractivity contribution < 1.29 is 19.1 Å². The molecule has 3 amide bonds. The van der Waals surface area contributed by atoms with Crippen LogP contribution in [0.4, 0.5) is 4.79 Å². The van der Waals surface area contributed by atoms with Gasteiger partial charge in [-0.3, -0.25) is 9.59 Å². The highest BCUT2D eigenvalue weighted by Gasteiger charge is 2.19. The van der Waals surface area contributed by atoms with Crippen molar-refractivity contribution in [3.63, 3.8) is 0 Å². The maximum absolute atomic E-state index is 11.7. The molecule has 0 aromatic heterocycles. The van der Waals surface area contributed by atoms with Crippen LogP contribution in [-0.4, -0.2) is 30.0 Å². The number of ether oxygens (including phenoxy) is 1. The molecule has 7 heteroatoms. The van der Waals surface area contributed by atoms with Crippen molar-refractivity contribution in [2.24, 2.45) is 5.73 Å². The van der Waals surface area contributed by atoms with Gasteiger partial charge in [-0.2, -0.15) is 0 Å². The van der Waals surface area contributed by atoms with Crippen LogP contribution in [0.25, 0.3) is 0 Å². The minimum absolute atomic E-state index is 0.110. The molecular formula is C14H19N3O4. The number of amides is 3. The predicted octanol–water partition coefficient (Wildman–Crippen LogP) is 0.291. The summed E-state index contributed by atoms with van der Waals surface area (Å²) in [6.07, 6.45) is -0.715. The van der Waals surface area contributed by atoms with E-state index in [1.165, 1.54) is 13.8 Å². The number of nitrogens with one attached hydrogen (secondary N) is 2. The van der Waals surface area contributed by atoms with Gasteiger partial charge >= 0.3 is 6.09 Å². The van der Waals surface area contributed by atoms with E-state index in [0.717, 1.165) is 5.56 Å². The zero-order chi connectivity index (χ0) is 15.8. The summed E-state index contributed by atoms with van der Waals surface area (Å²) in [5, 5.41) is 4.74. The van der Waals surface area contributed by atoms with Crippen molar-refractivity contribution in [2.75, 3.05) is 0 Å². The van der Waals surface area contributed by atoms with Crippen LogP contribution in [0.3, 0.4) is 0 Å². The molecule has 4 N–H and O–H groups in total. The number of hydrogen-bond donors (Lipinski definition) is 3. The Morgan fingerprint density at radius 1 is 1.10 bits per heavy atom. The van der Waals surface area contributed by atoms with Crippen molar-refractivity contribution in [3.8, 4) is 0 Å².